The van der Waals surface area contributed by atoms with E-state index in [1.54, 1.807) is 13.0 Å². The van der Waals surface area contributed by atoms with Gasteiger partial charge >= 0.3 is 0 Å². The molecule has 1 heterocycles. The molecule has 1 fully saturated rings. The Balaban J connectivity index is 1.51. The van der Waals surface area contributed by atoms with Crippen LogP contribution in [0.5, 0.6) is 0 Å². The molecule has 1 aromatic carbocycles. The lowest BCUT2D eigenvalue weighted by Crippen LogP contribution is -2.34. The predicted octanol–water partition coefficient (Wildman–Crippen LogP) is 4.38. The molecule has 1 aliphatic rings. The summed E-state index contributed by atoms with van der Waals surface area (Å²) >= 11 is 0. The molecule has 0 saturated heterocycles. The summed E-state index contributed by atoms with van der Waals surface area (Å²) in [5.74, 6) is 0.848. The Bertz CT molecular complexity index is 664. The quantitative estimate of drug-likeness (QED) is 0.788. The third-order valence-corrected chi connectivity index (χ3v) is 5.00. The van der Waals surface area contributed by atoms with Gasteiger partial charge in [0.05, 0.1) is 0 Å². The van der Waals surface area contributed by atoms with E-state index in [0.29, 0.717) is 22.8 Å². The molecule has 4 nitrogen and oxygen atoms in total. The van der Waals surface area contributed by atoms with Crippen molar-refractivity contribution in [1.29, 1.82) is 0 Å². The molecule has 0 aliphatic heterocycles. The van der Waals surface area contributed by atoms with Gasteiger partial charge in [-0.25, -0.2) is 4.39 Å². The highest BCUT2D eigenvalue weighted by Gasteiger charge is 2.18. The van der Waals surface area contributed by atoms with E-state index in [-0.39, 0.29) is 5.82 Å². The third-order valence-electron chi connectivity index (χ3n) is 5.00. The second-order valence-electron chi connectivity index (χ2n) is 6.85. The molecule has 0 bridgehead atoms. The first-order chi connectivity index (χ1) is 11.6. The van der Waals surface area contributed by atoms with Crippen molar-refractivity contribution in [3.8, 4) is 11.4 Å². The molecule has 1 saturated carbocycles. The monoisotopic (exact) mass is 331 g/mol. The topological polar surface area (TPSA) is 42.2 Å². The number of nitrogens with zero attached hydrogens (tertiary/aromatic N) is 3. The van der Waals surface area contributed by atoms with Gasteiger partial charge in [-0.3, -0.25) is 0 Å². The Morgan fingerprint density at radius 3 is 2.79 bits per heavy atom. The van der Waals surface area contributed by atoms with Crippen molar-refractivity contribution in [1.82, 2.24) is 15.0 Å². The van der Waals surface area contributed by atoms with Crippen molar-refractivity contribution in [3.63, 3.8) is 0 Å². The van der Waals surface area contributed by atoms with Gasteiger partial charge in [0, 0.05) is 18.0 Å². The van der Waals surface area contributed by atoms with E-state index < -0.39 is 0 Å². The highest BCUT2D eigenvalue weighted by atomic mass is 19.1. The zero-order valence-electron chi connectivity index (χ0n) is 14.6. The van der Waals surface area contributed by atoms with Crippen LogP contribution in [0.1, 0.15) is 50.0 Å². The standard InChI is InChI=1S/C19H26FN3O/c1-14-10-11-15(13-17(14)20)19-21-18(24-22-19)9-6-12-23(2)16-7-4-3-5-8-16/h10-11,13,16H,3-9,12H2,1-2H3. The molecular weight excluding hydrogens is 305 g/mol. The van der Waals surface area contributed by atoms with Gasteiger partial charge in [0.1, 0.15) is 5.82 Å². The van der Waals surface area contributed by atoms with Gasteiger partial charge in [0.25, 0.3) is 0 Å². The lowest BCUT2D eigenvalue weighted by molar-refractivity contribution is 0.188. The second-order valence-corrected chi connectivity index (χ2v) is 6.85. The summed E-state index contributed by atoms with van der Waals surface area (Å²) in [6, 6.07) is 5.75. The molecule has 0 amide bonds. The van der Waals surface area contributed by atoms with Gasteiger partial charge in [-0.2, -0.15) is 4.98 Å². The maximum absolute atomic E-state index is 13.6. The average Bonchev–Trinajstić information content (AvgIpc) is 3.07. The Hall–Kier alpha value is -1.75. The van der Waals surface area contributed by atoms with Crippen LogP contribution in [-0.4, -0.2) is 34.7 Å². The molecule has 2 aromatic rings. The largest absolute Gasteiger partial charge is 0.339 e. The number of rotatable bonds is 6. The predicted molar refractivity (Wildman–Crippen MR) is 92.3 cm³/mol. The molecule has 24 heavy (non-hydrogen) atoms. The lowest BCUT2D eigenvalue weighted by atomic mass is 9.94. The van der Waals surface area contributed by atoms with Crippen LogP contribution in [0.3, 0.4) is 0 Å². The third kappa shape index (κ3) is 4.20. The van der Waals surface area contributed by atoms with Crippen molar-refractivity contribution in [2.45, 2.75) is 57.9 Å². The van der Waals surface area contributed by atoms with E-state index in [1.807, 2.05) is 6.07 Å². The van der Waals surface area contributed by atoms with Crippen molar-refractivity contribution < 1.29 is 8.91 Å². The highest BCUT2D eigenvalue weighted by Crippen LogP contribution is 2.22. The van der Waals surface area contributed by atoms with Crippen LogP contribution in [0.4, 0.5) is 4.39 Å². The van der Waals surface area contributed by atoms with Crippen molar-refractivity contribution in [3.05, 3.63) is 35.5 Å². The highest BCUT2D eigenvalue weighted by molar-refractivity contribution is 5.54. The minimum Gasteiger partial charge on any atom is -0.339 e. The first-order valence-electron chi connectivity index (χ1n) is 8.93. The van der Waals surface area contributed by atoms with Crippen LogP contribution in [0.15, 0.2) is 22.7 Å². The Kier molecular flexibility index (Phi) is 5.61. The normalized spacial score (nSPS) is 16.0. The first kappa shape index (κ1) is 17.1. The number of benzene rings is 1. The molecule has 0 radical (unpaired) electrons. The SMILES string of the molecule is Cc1ccc(-c2noc(CCCN(C)C3CCCCC3)n2)cc1F. The van der Waals surface area contributed by atoms with E-state index in [9.17, 15) is 4.39 Å². The smallest absolute Gasteiger partial charge is 0.227 e. The van der Waals surface area contributed by atoms with Crippen LogP contribution < -0.4 is 0 Å². The summed E-state index contributed by atoms with van der Waals surface area (Å²) in [6.45, 7) is 2.78. The summed E-state index contributed by atoms with van der Waals surface area (Å²) in [5.41, 5.74) is 1.28. The van der Waals surface area contributed by atoms with E-state index in [4.69, 9.17) is 4.52 Å². The van der Waals surface area contributed by atoms with Crippen LogP contribution >= 0.6 is 0 Å². The van der Waals surface area contributed by atoms with Crippen molar-refractivity contribution in [2.24, 2.45) is 0 Å². The van der Waals surface area contributed by atoms with Gasteiger partial charge in [-0.15, -0.1) is 0 Å². The first-order valence-corrected chi connectivity index (χ1v) is 8.93. The molecule has 1 aromatic heterocycles. The number of hydrogen-bond acceptors (Lipinski definition) is 4. The number of aryl methyl sites for hydroxylation is 2. The fraction of sp³-hybridized carbons (Fsp3) is 0.579. The molecule has 0 N–H and O–H groups in total. The van der Waals surface area contributed by atoms with Crippen LogP contribution in [0.25, 0.3) is 11.4 Å². The summed E-state index contributed by atoms with van der Waals surface area (Å²) in [6.07, 6.45) is 8.49. The van der Waals surface area contributed by atoms with E-state index in [2.05, 4.69) is 22.1 Å². The van der Waals surface area contributed by atoms with Crippen LogP contribution in [0, 0.1) is 12.7 Å². The van der Waals surface area contributed by atoms with Gasteiger partial charge in [-0.1, -0.05) is 36.6 Å². The fourth-order valence-corrected chi connectivity index (χ4v) is 3.39. The molecule has 0 spiro atoms. The zero-order chi connectivity index (χ0) is 16.9. The molecule has 130 valence electrons. The average molecular weight is 331 g/mol. The molecule has 1 aliphatic carbocycles. The maximum atomic E-state index is 13.6. The van der Waals surface area contributed by atoms with Crippen molar-refractivity contribution >= 4 is 0 Å². The lowest BCUT2D eigenvalue weighted by Gasteiger charge is -2.31. The molecule has 5 heteroatoms. The van der Waals surface area contributed by atoms with Gasteiger partial charge < -0.3 is 9.42 Å². The minimum absolute atomic E-state index is 0.243. The molecule has 0 atom stereocenters. The zero-order valence-corrected chi connectivity index (χ0v) is 14.6. The molecule has 0 unspecified atom stereocenters. The van der Waals surface area contributed by atoms with E-state index in [0.717, 1.165) is 25.4 Å². The van der Waals surface area contributed by atoms with Gasteiger partial charge in [-0.05, 0) is 51.4 Å². The van der Waals surface area contributed by atoms with Crippen molar-refractivity contribution in [2.75, 3.05) is 13.6 Å². The summed E-state index contributed by atoms with van der Waals surface area (Å²) in [5, 5.41) is 3.98. The second kappa shape index (κ2) is 7.88. The summed E-state index contributed by atoms with van der Waals surface area (Å²) in [4.78, 5) is 6.86. The van der Waals surface area contributed by atoms with Crippen LogP contribution in [-0.2, 0) is 6.42 Å². The van der Waals surface area contributed by atoms with E-state index in [1.165, 1.54) is 38.2 Å². The van der Waals surface area contributed by atoms with Gasteiger partial charge in [0.2, 0.25) is 11.7 Å². The molecule has 3 rings (SSSR count). The number of aromatic nitrogens is 2. The summed E-state index contributed by atoms with van der Waals surface area (Å²) in [7, 11) is 2.21. The Morgan fingerprint density at radius 2 is 2.04 bits per heavy atom. The fourth-order valence-electron chi connectivity index (χ4n) is 3.39. The summed E-state index contributed by atoms with van der Waals surface area (Å²) < 4.78 is 19.0. The Labute approximate surface area is 143 Å². The van der Waals surface area contributed by atoms with E-state index >= 15 is 0 Å². The minimum atomic E-state index is -0.243. The Morgan fingerprint density at radius 1 is 1.25 bits per heavy atom. The number of halogens is 1. The molecular formula is C19H26FN3O. The van der Waals surface area contributed by atoms with Gasteiger partial charge in [0.15, 0.2) is 0 Å². The maximum Gasteiger partial charge on any atom is 0.227 e. The van der Waals surface area contributed by atoms with Crippen LogP contribution in [0.2, 0.25) is 0 Å². The number of hydrogen-bond donors (Lipinski definition) is 0.